The molecule has 1 aliphatic carbocycles. The Morgan fingerprint density at radius 2 is 1.73 bits per heavy atom. The summed E-state index contributed by atoms with van der Waals surface area (Å²) >= 11 is 1.48. The van der Waals surface area contributed by atoms with Crippen molar-refractivity contribution in [1.82, 2.24) is 0 Å². The van der Waals surface area contributed by atoms with Crippen LogP contribution in [0, 0.1) is 0 Å². The van der Waals surface area contributed by atoms with Gasteiger partial charge in [0.1, 0.15) is 17.2 Å². The van der Waals surface area contributed by atoms with Crippen molar-refractivity contribution < 1.29 is 19.1 Å². The molecule has 0 spiro atoms. The van der Waals surface area contributed by atoms with Gasteiger partial charge in [0.25, 0.3) is 5.91 Å². The highest BCUT2D eigenvalue weighted by atomic mass is 32.1. The van der Waals surface area contributed by atoms with Crippen LogP contribution in [0.1, 0.15) is 38.5 Å². The molecule has 6 heteroatoms. The van der Waals surface area contributed by atoms with E-state index in [4.69, 9.17) is 9.47 Å². The molecule has 4 rings (SSSR count). The molecule has 0 saturated heterocycles. The van der Waals surface area contributed by atoms with Crippen LogP contribution in [0.5, 0.6) is 5.75 Å². The summed E-state index contributed by atoms with van der Waals surface area (Å²) in [5.74, 6) is -0.0956. The van der Waals surface area contributed by atoms with Crippen LogP contribution in [-0.4, -0.2) is 18.5 Å². The fraction of sp³-hybridized carbons (Fsp3) is 0.250. The third kappa shape index (κ3) is 5.27. The van der Waals surface area contributed by atoms with Crippen LogP contribution in [0.15, 0.2) is 60.7 Å². The number of thiophene rings is 1. The Morgan fingerprint density at radius 3 is 2.50 bits per heavy atom. The number of benzene rings is 2. The molecule has 5 nitrogen and oxygen atoms in total. The Bertz CT molecular complexity index is 988. The van der Waals surface area contributed by atoms with E-state index >= 15 is 0 Å². The molecule has 0 atom stereocenters. The number of nitrogens with one attached hydrogen (secondary N) is 1. The number of fused-ring (bicyclic) bond motifs is 1. The Kier molecular flexibility index (Phi) is 6.44. The molecular formula is C24H23NO4S. The lowest BCUT2D eigenvalue weighted by molar-refractivity contribution is -0.119. The van der Waals surface area contributed by atoms with Gasteiger partial charge in [-0.05, 0) is 67.1 Å². The maximum Gasteiger partial charge on any atom is 0.348 e. The Morgan fingerprint density at radius 1 is 0.967 bits per heavy atom. The van der Waals surface area contributed by atoms with Crippen molar-refractivity contribution in [1.29, 1.82) is 0 Å². The van der Waals surface area contributed by atoms with Gasteiger partial charge in [-0.2, -0.15) is 0 Å². The van der Waals surface area contributed by atoms with Crippen LogP contribution in [0.25, 0.3) is 0 Å². The summed E-state index contributed by atoms with van der Waals surface area (Å²) in [4.78, 5) is 26.2. The fourth-order valence-electron chi connectivity index (χ4n) is 3.37. The first kappa shape index (κ1) is 20.2. The first-order valence-corrected chi connectivity index (χ1v) is 10.8. The SMILES string of the molecule is O=C(COC(=O)c1cc2c(s1)CCCC2)Nc1ccc(OCc2ccccc2)cc1. The van der Waals surface area contributed by atoms with E-state index < -0.39 is 5.97 Å². The second-order valence-electron chi connectivity index (χ2n) is 7.19. The molecule has 30 heavy (non-hydrogen) atoms. The number of ether oxygens (including phenoxy) is 2. The molecule has 0 aliphatic heterocycles. The summed E-state index contributed by atoms with van der Waals surface area (Å²) in [6, 6.07) is 18.9. The second-order valence-corrected chi connectivity index (χ2v) is 8.33. The lowest BCUT2D eigenvalue weighted by Crippen LogP contribution is -2.20. The van der Waals surface area contributed by atoms with Crippen LogP contribution >= 0.6 is 11.3 Å². The van der Waals surface area contributed by atoms with Crippen LogP contribution in [0.4, 0.5) is 5.69 Å². The smallest absolute Gasteiger partial charge is 0.348 e. The van der Waals surface area contributed by atoms with Gasteiger partial charge in [0.15, 0.2) is 6.61 Å². The van der Waals surface area contributed by atoms with Crippen molar-refractivity contribution in [3.05, 3.63) is 81.5 Å². The van der Waals surface area contributed by atoms with E-state index in [1.165, 1.54) is 28.2 Å². The monoisotopic (exact) mass is 421 g/mol. The number of hydrogen-bond donors (Lipinski definition) is 1. The first-order chi connectivity index (χ1) is 14.7. The van der Waals surface area contributed by atoms with E-state index in [-0.39, 0.29) is 12.5 Å². The van der Waals surface area contributed by atoms with Gasteiger partial charge in [0, 0.05) is 10.6 Å². The predicted molar refractivity (Wildman–Crippen MR) is 117 cm³/mol. The van der Waals surface area contributed by atoms with Gasteiger partial charge in [-0.15, -0.1) is 11.3 Å². The van der Waals surface area contributed by atoms with Crippen molar-refractivity contribution >= 4 is 28.9 Å². The van der Waals surface area contributed by atoms with Crippen LogP contribution in [0.2, 0.25) is 0 Å². The summed E-state index contributed by atoms with van der Waals surface area (Å²) in [6.07, 6.45) is 4.38. The Hall–Kier alpha value is -3.12. The minimum absolute atomic E-state index is 0.312. The maximum atomic E-state index is 12.2. The molecule has 1 aromatic heterocycles. The number of rotatable bonds is 7. The molecule has 0 fully saturated rings. The largest absolute Gasteiger partial charge is 0.489 e. The van der Waals surface area contributed by atoms with Crippen LogP contribution in [-0.2, 0) is 29.0 Å². The highest BCUT2D eigenvalue weighted by Gasteiger charge is 2.19. The molecule has 1 amide bonds. The Balaban J connectivity index is 1.23. The van der Waals surface area contributed by atoms with Crippen molar-refractivity contribution in [2.75, 3.05) is 11.9 Å². The van der Waals surface area contributed by atoms with Crippen LogP contribution in [0.3, 0.4) is 0 Å². The highest BCUT2D eigenvalue weighted by molar-refractivity contribution is 7.14. The zero-order valence-corrected chi connectivity index (χ0v) is 17.4. The van der Waals surface area contributed by atoms with Crippen molar-refractivity contribution in [2.24, 2.45) is 0 Å². The lowest BCUT2D eigenvalue weighted by Gasteiger charge is -2.09. The minimum Gasteiger partial charge on any atom is -0.489 e. The number of carbonyl (C=O) groups excluding carboxylic acids is 2. The molecule has 0 radical (unpaired) electrons. The molecular weight excluding hydrogens is 398 g/mol. The van der Waals surface area contributed by atoms with E-state index in [0.717, 1.165) is 24.8 Å². The first-order valence-electron chi connectivity index (χ1n) is 10.0. The molecule has 2 aromatic carbocycles. The van der Waals surface area contributed by atoms with Gasteiger partial charge in [-0.1, -0.05) is 30.3 Å². The van der Waals surface area contributed by atoms with Gasteiger partial charge in [0.2, 0.25) is 0 Å². The average Bonchev–Trinajstić information content (AvgIpc) is 3.22. The second kappa shape index (κ2) is 9.59. The number of carbonyl (C=O) groups is 2. The molecule has 0 saturated carbocycles. The van der Waals surface area contributed by atoms with Gasteiger partial charge in [-0.3, -0.25) is 4.79 Å². The molecule has 1 N–H and O–H groups in total. The average molecular weight is 422 g/mol. The zero-order chi connectivity index (χ0) is 20.8. The van der Waals surface area contributed by atoms with Crippen molar-refractivity contribution in [3.8, 4) is 5.75 Å². The third-order valence-corrected chi connectivity index (χ3v) is 6.14. The lowest BCUT2D eigenvalue weighted by atomic mass is 9.99. The van der Waals surface area contributed by atoms with E-state index in [1.807, 2.05) is 36.4 Å². The zero-order valence-electron chi connectivity index (χ0n) is 16.6. The van der Waals surface area contributed by atoms with Crippen molar-refractivity contribution in [2.45, 2.75) is 32.3 Å². The number of anilines is 1. The van der Waals surface area contributed by atoms with Gasteiger partial charge in [-0.25, -0.2) is 4.79 Å². The van der Waals surface area contributed by atoms with Gasteiger partial charge < -0.3 is 14.8 Å². The topological polar surface area (TPSA) is 64.6 Å². The Labute approximate surface area is 179 Å². The number of esters is 1. The van der Waals surface area contributed by atoms with E-state index in [9.17, 15) is 9.59 Å². The minimum atomic E-state index is -0.436. The standard InChI is InChI=1S/C24H23NO4S/c26-23(16-29-24(27)22-14-18-8-4-5-9-21(18)30-22)25-19-10-12-20(13-11-19)28-15-17-6-2-1-3-7-17/h1-3,6-7,10-14H,4-5,8-9,15-16H2,(H,25,26). The van der Waals surface area contributed by atoms with E-state index in [0.29, 0.717) is 22.9 Å². The summed E-state index contributed by atoms with van der Waals surface area (Å²) in [5.41, 5.74) is 2.95. The molecule has 3 aromatic rings. The van der Waals surface area contributed by atoms with E-state index in [1.54, 1.807) is 24.3 Å². The summed E-state index contributed by atoms with van der Waals surface area (Å²) < 4.78 is 10.9. The number of amides is 1. The highest BCUT2D eigenvalue weighted by Crippen LogP contribution is 2.30. The molecule has 1 aliphatic rings. The molecule has 0 bridgehead atoms. The molecule has 0 unspecified atom stereocenters. The summed E-state index contributed by atoms with van der Waals surface area (Å²) in [5, 5.41) is 2.73. The summed E-state index contributed by atoms with van der Waals surface area (Å²) in [7, 11) is 0. The fourth-order valence-corrected chi connectivity index (χ4v) is 4.51. The molecule has 1 heterocycles. The van der Waals surface area contributed by atoms with Gasteiger partial charge in [0.05, 0.1) is 0 Å². The third-order valence-electron chi connectivity index (χ3n) is 4.92. The number of hydrogen-bond acceptors (Lipinski definition) is 5. The van der Waals surface area contributed by atoms with Crippen LogP contribution < -0.4 is 10.1 Å². The maximum absolute atomic E-state index is 12.2. The summed E-state index contributed by atoms with van der Waals surface area (Å²) in [6.45, 7) is 0.169. The normalized spacial score (nSPS) is 12.7. The van der Waals surface area contributed by atoms with E-state index in [2.05, 4.69) is 5.32 Å². The molecule has 154 valence electrons. The quantitative estimate of drug-likeness (QED) is 0.545. The van der Waals surface area contributed by atoms with Crippen molar-refractivity contribution in [3.63, 3.8) is 0 Å². The number of aryl methyl sites for hydroxylation is 2. The predicted octanol–water partition coefficient (Wildman–Crippen LogP) is 5.00. The van der Waals surface area contributed by atoms with Gasteiger partial charge >= 0.3 is 5.97 Å².